The Bertz CT molecular complexity index is 1290. The molecule has 0 saturated carbocycles. The molecule has 2 bridgehead atoms. The SMILES string of the molecule is C[C@H](c1cccc(S(N)(=O)=O)c1)N1C(=O)[C@H]2C[C@@H]1CN2C[C@H](NC(=O)OC(C)(C)C)C(=O)N1CCC[C@H]1C#N. The number of nitrogens with one attached hydrogen (secondary N) is 1. The first-order valence-electron chi connectivity index (χ1n) is 13.1. The van der Waals surface area contributed by atoms with E-state index < -0.39 is 39.8 Å². The maximum atomic E-state index is 13.5. The van der Waals surface area contributed by atoms with Crippen LogP contribution in [0.25, 0.3) is 0 Å². The molecule has 3 saturated heterocycles. The fraction of sp³-hybridized carbons (Fsp3) is 0.615. The molecule has 0 radical (unpaired) electrons. The second-order valence-electron chi connectivity index (χ2n) is 11.4. The topological polar surface area (TPSA) is 166 Å². The molecule has 3 aliphatic heterocycles. The van der Waals surface area contributed by atoms with Crippen LogP contribution in [0, 0.1) is 11.3 Å². The van der Waals surface area contributed by atoms with Gasteiger partial charge < -0.3 is 19.9 Å². The molecule has 3 heterocycles. The van der Waals surface area contributed by atoms with Gasteiger partial charge in [0, 0.05) is 25.7 Å². The molecular weight excluding hydrogens is 524 g/mol. The van der Waals surface area contributed by atoms with Crippen LogP contribution in [-0.4, -0.2) is 90.4 Å². The minimum absolute atomic E-state index is 0.0163. The number of rotatable bonds is 7. The van der Waals surface area contributed by atoms with Gasteiger partial charge in [-0.15, -0.1) is 0 Å². The first-order valence-corrected chi connectivity index (χ1v) is 14.6. The zero-order valence-electron chi connectivity index (χ0n) is 22.7. The lowest BCUT2D eigenvalue weighted by molar-refractivity contribution is -0.141. The number of nitrogens with two attached hydrogens (primary N) is 1. The minimum Gasteiger partial charge on any atom is -0.444 e. The summed E-state index contributed by atoms with van der Waals surface area (Å²) >= 11 is 0. The summed E-state index contributed by atoms with van der Waals surface area (Å²) in [6.07, 6.45) is 1.09. The van der Waals surface area contributed by atoms with Crippen molar-refractivity contribution >= 4 is 27.9 Å². The predicted molar refractivity (Wildman–Crippen MR) is 140 cm³/mol. The maximum Gasteiger partial charge on any atom is 0.408 e. The zero-order chi connectivity index (χ0) is 28.7. The highest BCUT2D eigenvalue weighted by Crippen LogP contribution is 2.38. The average Bonchev–Trinajstić information content (AvgIpc) is 3.55. The Morgan fingerprint density at radius 3 is 2.64 bits per heavy atom. The standard InChI is InChI=1S/C26H36N6O6S/c1-16(17-7-5-9-20(11-17)39(28,36)37)32-19-12-22(24(32)34)30(14-19)15-21(29-25(35)38-26(2,3)4)23(33)31-10-6-8-18(31)13-27/h5,7,9,11,16,18-19,21-22H,6,8,10,12,14-15H2,1-4H3,(H,29,35)(H2,28,36,37)/t16-,18+,19-,21+,22-/m1/s1. The molecule has 0 spiro atoms. The first kappa shape index (κ1) is 28.8. The van der Waals surface area contributed by atoms with E-state index in [0.29, 0.717) is 37.9 Å². The summed E-state index contributed by atoms with van der Waals surface area (Å²) in [6, 6.07) is 5.86. The largest absolute Gasteiger partial charge is 0.444 e. The van der Waals surface area contributed by atoms with Crippen molar-refractivity contribution in [1.29, 1.82) is 5.26 Å². The molecule has 212 valence electrons. The fourth-order valence-corrected chi connectivity index (χ4v) is 6.31. The van der Waals surface area contributed by atoms with Crippen molar-refractivity contribution in [2.75, 3.05) is 19.6 Å². The van der Waals surface area contributed by atoms with Gasteiger partial charge in [-0.1, -0.05) is 12.1 Å². The average molecular weight is 561 g/mol. The third-order valence-electron chi connectivity index (χ3n) is 7.49. The molecule has 5 atom stereocenters. The number of benzene rings is 1. The maximum absolute atomic E-state index is 13.5. The van der Waals surface area contributed by atoms with E-state index in [1.54, 1.807) is 37.8 Å². The van der Waals surface area contributed by atoms with E-state index >= 15 is 0 Å². The van der Waals surface area contributed by atoms with Crippen molar-refractivity contribution in [2.24, 2.45) is 5.14 Å². The van der Waals surface area contributed by atoms with Gasteiger partial charge in [-0.05, 0) is 64.7 Å². The first-order chi connectivity index (χ1) is 18.2. The number of likely N-dealkylation sites (tertiary alicyclic amines) is 3. The number of carbonyl (C=O) groups excluding carboxylic acids is 3. The predicted octanol–water partition coefficient (Wildman–Crippen LogP) is 1.09. The fourth-order valence-electron chi connectivity index (χ4n) is 5.75. The number of hydrogen-bond donors (Lipinski definition) is 2. The number of piperazine rings is 1. The Balaban J connectivity index is 1.50. The Labute approximate surface area is 229 Å². The van der Waals surface area contributed by atoms with Crippen LogP contribution < -0.4 is 10.5 Å². The highest BCUT2D eigenvalue weighted by Gasteiger charge is 2.52. The summed E-state index contributed by atoms with van der Waals surface area (Å²) < 4.78 is 29.0. The Morgan fingerprint density at radius 1 is 1.31 bits per heavy atom. The highest BCUT2D eigenvalue weighted by atomic mass is 32.2. The van der Waals surface area contributed by atoms with Crippen molar-refractivity contribution in [1.82, 2.24) is 20.0 Å². The van der Waals surface area contributed by atoms with Gasteiger partial charge in [0.15, 0.2) is 0 Å². The number of primary sulfonamides is 1. The third-order valence-corrected chi connectivity index (χ3v) is 8.40. The molecule has 3 fully saturated rings. The van der Waals surface area contributed by atoms with Gasteiger partial charge in [0.05, 0.1) is 23.0 Å². The molecular formula is C26H36N6O6S. The molecule has 12 nitrogen and oxygen atoms in total. The summed E-state index contributed by atoms with van der Waals surface area (Å²) in [5.41, 5.74) is -0.106. The van der Waals surface area contributed by atoms with Crippen molar-refractivity contribution in [3.8, 4) is 6.07 Å². The summed E-state index contributed by atoms with van der Waals surface area (Å²) in [5.74, 6) is -0.496. The van der Waals surface area contributed by atoms with Crippen molar-refractivity contribution in [2.45, 2.75) is 87.7 Å². The molecule has 0 aromatic heterocycles. The van der Waals surface area contributed by atoms with Crippen LogP contribution in [0.4, 0.5) is 4.79 Å². The monoisotopic (exact) mass is 560 g/mol. The number of nitriles is 1. The smallest absolute Gasteiger partial charge is 0.408 e. The number of ether oxygens (including phenoxy) is 1. The molecule has 1 aromatic rings. The number of sulfonamides is 1. The van der Waals surface area contributed by atoms with Gasteiger partial charge in [0.1, 0.15) is 17.7 Å². The van der Waals surface area contributed by atoms with Gasteiger partial charge in [-0.3, -0.25) is 14.5 Å². The number of carbonyl (C=O) groups is 3. The molecule has 4 rings (SSSR count). The van der Waals surface area contributed by atoms with E-state index in [9.17, 15) is 28.1 Å². The van der Waals surface area contributed by atoms with E-state index in [2.05, 4.69) is 11.4 Å². The van der Waals surface area contributed by atoms with Crippen molar-refractivity contribution < 1.29 is 27.5 Å². The second-order valence-corrected chi connectivity index (χ2v) is 13.0. The Kier molecular flexibility index (Phi) is 7.93. The lowest BCUT2D eigenvalue weighted by atomic mass is 10.1. The molecule has 39 heavy (non-hydrogen) atoms. The van der Waals surface area contributed by atoms with E-state index in [0.717, 1.165) is 0 Å². The third kappa shape index (κ3) is 6.18. The highest BCUT2D eigenvalue weighted by molar-refractivity contribution is 7.89. The van der Waals surface area contributed by atoms with Crippen LogP contribution in [0.2, 0.25) is 0 Å². The minimum atomic E-state index is -3.88. The van der Waals surface area contributed by atoms with Crippen LogP contribution in [0.5, 0.6) is 0 Å². The van der Waals surface area contributed by atoms with Crippen LogP contribution in [0.15, 0.2) is 29.2 Å². The van der Waals surface area contributed by atoms with Crippen molar-refractivity contribution in [3.05, 3.63) is 29.8 Å². The molecule has 3 aliphatic rings. The van der Waals surface area contributed by atoms with Gasteiger partial charge in [-0.2, -0.15) is 5.26 Å². The number of alkyl carbamates (subject to hydrolysis) is 1. The molecule has 0 aliphatic carbocycles. The van der Waals surface area contributed by atoms with Gasteiger partial charge in [0.2, 0.25) is 21.8 Å². The van der Waals surface area contributed by atoms with E-state index in [-0.39, 0.29) is 35.3 Å². The molecule has 3 N–H and O–H groups in total. The number of hydrogen-bond acceptors (Lipinski definition) is 8. The van der Waals surface area contributed by atoms with Crippen LogP contribution in [-0.2, 0) is 24.3 Å². The normalized spacial score (nSPS) is 24.9. The lowest BCUT2D eigenvalue weighted by Crippen LogP contribution is -2.59. The van der Waals surface area contributed by atoms with E-state index in [1.807, 2.05) is 11.8 Å². The summed E-state index contributed by atoms with van der Waals surface area (Å²) in [4.78, 5) is 44.7. The van der Waals surface area contributed by atoms with Crippen LogP contribution >= 0.6 is 0 Å². The summed E-state index contributed by atoms with van der Waals surface area (Å²) in [7, 11) is -3.88. The van der Waals surface area contributed by atoms with Crippen molar-refractivity contribution in [3.63, 3.8) is 0 Å². The second kappa shape index (κ2) is 10.7. The molecule has 3 amide bonds. The van der Waals surface area contributed by atoms with E-state index in [4.69, 9.17) is 9.88 Å². The number of amides is 3. The number of fused-ring (bicyclic) bond motifs is 2. The Hall–Kier alpha value is -3.21. The molecule has 13 heteroatoms. The van der Waals surface area contributed by atoms with Gasteiger partial charge in [0.25, 0.3) is 0 Å². The quantitative estimate of drug-likeness (QED) is 0.500. The summed E-state index contributed by atoms with van der Waals surface area (Å²) in [5, 5.41) is 17.5. The number of nitrogens with zero attached hydrogens (tertiary/aromatic N) is 4. The summed E-state index contributed by atoms with van der Waals surface area (Å²) in [6.45, 7) is 8.03. The van der Waals surface area contributed by atoms with Crippen LogP contribution in [0.1, 0.15) is 58.6 Å². The molecule has 1 aromatic carbocycles. The van der Waals surface area contributed by atoms with Gasteiger partial charge >= 0.3 is 6.09 Å². The van der Waals surface area contributed by atoms with Gasteiger partial charge in [-0.25, -0.2) is 18.4 Å². The Morgan fingerprint density at radius 2 is 2.03 bits per heavy atom. The zero-order valence-corrected chi connectivity index (χ0v) is 23.5. The molecule has 0 unspecified atom stereocenters. The van der Waals surface area contributed by atoms with E-state index in [1.165, 1.54) is 17.0 Å². The lowest BCUT2D eigenvalue weighted by Gasteiger charge is -2.39. The van der Waals surface area contributed by atoms with Crippen LogP contribution in [0.3, 0.4) is 0 Å².